The number of hydrazine groups is 1. The van der Waals surface area contributed by atoms with Gasteiger partial charge in [-0.2, -0.15) is 0 Å². The Labute approximate surface area is 168 Å². The molecule has 0 spiro atoms. The first-order valence-corrected chi connectivity index (χ1v) is 9.25. The van der Waals surface area contributed by atoms with Crippen LogP contribution in [0.1, 0.15) is 17.0 Å². The smallest absolute Gasteiger partial charge is 0.134 e. The van der Waals surface area contributed by atoms with Crippen molar-refractivity contribution in [3.05, 3.63) is 71.7 Å². The summed E-state index contributed by atoms with van der Waals surface area (Å²) in [4.78, 5) is 9.10. The van der Waals surface area contributed by atoms with Gasteiger partial charge in [0.1, 0.15) is 23.6 Å². The van der Waals surface area contributed by atoms with Crippen molar-refractivity contribution in [3.63, 3.8) is 0 Å². The van der Waals surface area contributed by atoms with Gasteiger partial charge in [0, 0.05) is 23.6 Å². The topological polar surface area (TPSA) is 104 Å². The number of aryl methyl sites for hydroxylation is 2. The van der Waals surface area contributed by atoms with Crippen molar-refractivity contribution in [2.45, 2.75) is 20.4 Å². The van der Waals surface area contributed by atoms with Gasteiger partial charge in [-0.3, -0.25) is 10.4 Å². The first-order valence-electron chi connectivity index (χ1n) is 9.25. The highest BCUT2D eigenvalue weighted by Gasteiger charge is 2.09. The van der Waals surface area contributed by atoms with Crippen LogP contribution in [0, 0.1) is 19.3 Å². The lowest BCUT2D eigenvalue weighted by Crippen LogP contribution is -2.28. The zero-order chi connectivity index (χ0) is 20.4. The summed E-state index contributed by atoms with van der Waals surface area (Å²) in [5, 5.41) is 13.0. The van der Waals surface area contributed by atoms with E-state index in [1.807, 2.05) is 56.3 Å². The second-order valence-electron chi connectivity index (χ2n) is 6.88. The molecule has 146 valence electrons. The van der Waals surface area contributed by atoms with Crippen molar-refractivity contribution < 1.29 is 4.42 Å². The molecule has 0 aliphatic heterocycles. The van der Waals surface area contributed by atoms with Crippen LogP contribution in [0.2, 0.25) is 0 Å². The normalized spacial score (nSPS) is 10.9. The molecule has 0 saturated carbocycles. The molecule has 0 radical (unpaired) electrons. The van der Waals surface area contributed by atoms with Crippen molar-refractivity contribution in [3.8, 4) is 11.3 Å². The zero-order valence-corrected chi connectivity index (χ0v) is 16.3. The minimum atomic E-state index is 0.579. The number of rotatable bonds is 6. The molecule has 0 bridgehead atoms. The average Bonchev–Trinajstić information content (AvgIpc) is 3.11. The molecule has 2 aromatic heterocycles. The summed E-state index contributed by atoms with van der Waals surface area (Å²) < 4.78 is 5.54. The number of aromatic nitrogens is 2. The number of nitrogens with two attached hydrogens (primary N) is 1. The molecule has 2 heterocycles. The average molecular weight is 386 g/mol. The summed E-state index contributed by atoms with van der Waals surface area (Å²) in [5.41, 5.74) is 5.63. The van der Waals surface area contributed by atoms with Gasteiger partial charge in [-0.25, -0.2) is 15.8 Å². The van der Waals surface area contributed by atoms with E-state index in [0.717, 1.165) is 51.2 Å². The van der Waals surface area contributed by atoms with Gasteiger partial charge >= 0.3 is 0 Å². The number of fused-ring (bicyclic) bond motifs is 1. The summed E-state index contributed by atoms with van der Waals surface area (Å²) in [5.74, 6) is 7.20. The van der Waals surface area contributed by atoms with E-state index >= 15 is 0 Å². The standard InChI is InChI=1S/C22H22N6O/c1-14-12-29-21-7-6-17(9-19(14)21)20-10-22(27-15(2)26-20)25-11-16-4-3-5-18(8-16)28(24)13-23/h3-10,12-13,23H,11,24H2,1-2H3,(H,25,26,27). The molecule has 0 aliphatic carbocycles. The van der Waals surface area contributed by atoms with Crippen LogP contribution >= 0.6 is 0 Å². The first kappa shape index (κ1) is 18.6. The molecular weight excluding hydrogens is 364 g/mol. The summed E-state index contributed by atoms with van der Waals surface area (Å²) in [6.07, 6.45) is 2.84. The van der Waals surface area contributed by atoms with E-state index in [1.54, 1.807) is 6.26 Å². The Kier molecular flexibility index (Phi) is 4.97. The molecule has 7 heteroatoms. The van der Waals surface area contributed by atoms with Crippen molar-refractivity contribution in [2.24, 2.45) is 5.84 Å². The highest BCUT2D eigenvalue weighted by Crippen LogP contribution is 2.27. The first-order chi connectivity index (χ1) is 14.0. The zero-order valence-electron chi connectivity index (χ0n) is 16.3. The van der Waals surface area contributed by atoms with E-state index in [1.165, 1.54) is 5.01 Å². The maximum atomic E-state index is 7.27. The molecule has 29 heavy (non-hydrogen) atoms. The molecule has 4 N–H and O–H groups in total. The van der Waals surface area contributed by atoms with Crippen molar-refractivity contribution >= 4 is 28.8 Å². The lowest BCUT2D eigenvalue weighted by atomic mass is 10.1. The molecule has 4 aromatic rings. The third-order valence-electron chi connectivity index (χ3n) is 4.72. The predicted octanol–water partition coefficient (Wildman–Crippen LogP) is 4.41. The molecular formula is C22H22N6O. The molecule has 0 unspecified atom stereocenters. The third-order valence-corrected chi connectivity index (χ3v) is 4.72. The SMILES string of the molecule is Cc1nc(NCc2cccc(N(N)C=N)c2)cc(-c2ccc3occ(C)c3c2)n1. The van der Waals surface area contributed by atoms with Crippen LogP contribution in [0.5, 0.6) is 0 Å². The van der Waals surface area contributed by atoms with E-state index in [0.29, 0.717) is 12.4 Å². The fourth-order valence-corrected chi connectivity index (χ4v) is 3.22. The Morgan fingerprint density at radius 1 is 1.14 bits per heavy atom. The van der Waals surface area contributed by atoms with E-state index in [9.17, 15) is 0 Å². The molecule has 0 amide bonds. The summed E-state index contributed by atoms with van der Waals surface area (Å²) in [6.45, 7) is 4.49. The predicted molar refractivity (Wildman–Crippen MR) is 116 cm³/mol. The molecule has 0 aliphatic rings. The van der Waals surface area contributed by atoms with Gasteiger partial charge in [-0.05, 0) is 55.3 Å². The second-order valence-corrected chi connectivity index (χ2v) is 6.88. The van der Waals surface area contributed by atoms with Crippen LogP contribution in [0.15, 0.2) is 59.2 Å². The summed E-state index contributed by atoms with van der Waals surface area (Å²) >= 11 is 0. The quantitative estimate of drug-likeness (QED) is 0.196. The Hall–Kier alpha value is -3.71. The maximum Gasteiger partial charge on any atom is 0.134 e. The number of hydrogen-bond acceptors (Lipinski definition) is 6. The van der Waals surface area contributed by atoms with E-state index in [-0.39, 0.29) is 0 Å². The van der Waals surface area contributed by atoms with Crippen LogP contribution in [-0.4, -0.2) is 16.3 Å². The Morgan fingerprint density at radius 2 is 2.00 bits per heavy atom. The fourth-order valence-electron chi connectivity index (χ4n) is 3.22. The van der Waals surface area contributed by atoms with Gasteiger partial charge in [-0.1, -0.05) is 12.1 Å². The van der Waals surface area contributed by atoms with Crippen LogP contribution in [-0.2, 0) is 6.54 Å². The molecule has 0 fully saturated rings. The van der Waals surface area contributed by atoms with E-state index in [2.05, 4.69) is 21.4 Å². The Bertz CT molecular complexity index is 1180. The van der Waals surface area contributed by atoms with E-state index < -0.39 is 0 Å². The van der Waals surface area contributed by atoms with Crippen LogP contribution in [0.25, 0.3) is 22.2 Å². The van der Waals surface area contributed by atoms with Gasteiger partial charge in [-0.15, -0.1) is 0 Å². The monoisotopic (exact) mass is 386 g/mol. The lowest BCUT2D eigenvalue weighted by Gasteiger charge is -2.14. The van der Waals surface area contributed by atoms with Gasteiger partial charge < -0.3 is 9.73 Å². The Balaban J connectivity index is 1.58. The second kappa shape index (κ2) is 7.73. The van der Waals surface area contributed by atoms with Crippen LogP contribution in [0.3, 0.4) is 0 Å². The van der Waals surface area contributed by atoms with Gasteiger partial charge in [0.25, 0.3) is 0 Å². The van der Waals surface area contributed by atoms with E-state index in [4.69, 9.17) is 15.7 Å². The summed E-state index contributed by atoms with van der Waals surface area (Å²) in [7, 11) is 0. The van der Waals surface area contributed by atoms with Crippen LogP contribution < -0.4 is 16.2 Å². The number of hydrogen-bond donors (Lipinski definition) is 3. The van der Waals surface area contributed by atoms with Crippen molar-refractivity contribution in [1.29, 1.82) is 5.41 Å². The van der Waals surface area contributed by atoms with Crippen LogP contribution in [0.4, 0.5) is 11.5 Å². The number of nitrogens with zero attached hydrogens (tertiary/aromatic N) is 3. The Morgan fingerprint density at radius 3 is 2.83 bits per heavy atom. The molecule has 0 saturated heterocycles. The highest BCUT2D eigenvalue weighted by molar-refractivity contribution is 5.85. The molecule has 7 nitrogen and oxygen atoms in total. The molecule has 0 atom stereocenters. The number of furan rings is 1. The number of benzene rings is 2. The maximum absolute atomic E-state index is 7.27. The highest BCUT2D eigenvalue weighted by atomic mass is 16.3. The van der Waals surface area contributed by atoms with Gasteiger partial charge in [0.2, 0.25) is 0 Å². The number of nitrogens with one attached hydrogen (secondary N) is 2. The molecule has 4 rings (SSSR count). The molecule has 2 aromatic carbocycles. The summed E-state index contributed by atoms with van der Waals surface area (Å²) in [6, 6.07) is 15.7. The van der Waals surface area contributed by atoms with Gasteiger partial charge in [0.15, 0.2) is 0 Å². The van der Waals surface area contributed by atoms with Crippen molar-refractivity contribution in [2.75, 3.05) is 10.3 Å². The lowest BCUT2D eigenvalue weighted by molar-refractivity contribution is 0.613. The van der Waals surface area contributed by atoms with Gasteiger partial charge in [0.05, 0.1) is 17.6 Å². The third kappa shape index (κ3) is 3.95. The number of anilines is 2. The minimum absolute atomic E-state index is 0.579. The largest absolute Gasteiger partial charge is 0.464 e. The fraction of sp³-hybridized carbons (Fsp3) is 0.136. The minimum Gasteiger partial charge on any atom is -0.464 e. The van der Waals surface area contributed by atoms with Crippen molar-refractivity contribution in [1.82, 2.24) is 9.97 Å².